The molecule has 0 aliphatic carbocycles. The van der Waals surface area contributed by atoms with E-state index in [4.69, 9.17) is 18.9 Å². The SMILES string of the molecule is CCOC(=O)C1=C(C)N=c2s/c(=C/c3ccc(OC)c(OC)c3OC)c(=O)n2C1c1ccc(N(C)C)cc1. The number of carbonyl (C=O) groups is 1. The van der Waals surface area contributed by atoms with E-state index in [0.29, 0.717) is 43.4 Å². The van der Waals surface area contributed by atoms with Gasteiger partial charge in [0.2, 0.25) is 5.75 Å². The first-order valence-electron chi connectivity index (χ1n) is 12.0. The van der Waals surface area contributed by atoms with Crippen LogP contribution in [0.3, 0.4) is 0 Å². The molecule has 0 saturated carbocycles. The number of rotatable bonds is 8. The largest absolute Gasteiger partial charge is 0.493 e. The zero-order chi connectivity index (χ0) is 27.6. The molecule has 1 aromatic heterocycles. The first-order chi connectivity index (χ1) is 18.2. The van der Waals surface area contributed by atoms with Gasteiger partial charge in [-0.3, -0.25) is 9.36 Å². The molecule has 1 aliphatic heterocycles. The highest BCUT2D eigenvalue weighted by Crippen LogP contribution is 2.40. The smallest absolute Gasteiger partial charge is 0.338 e. The van der Waals surface area contributed by atoms with Crippen LogP contribution in [-0.2, 0) is 9.53 Å². The van der Waals surface area contributed by atoms with Crippen molar-refractivity contribution in [2.45, 2.75) is 19.9 Å². The van der Waals surface area contributed by atoms with Crippen LogP contribution in [-0.4, -0.2) is 52.6 Å². The van der Waals surface area contributed by atoms with Crippen molar-refractivity contribution in [3.05, 3.63) is 78.5 Å². The molecule has 10 heteroatoms. The number of benzene rings is 2. The third-order valence-corrected chi connectivity index (χ3v) is 7.25. The van der Waals surface area contributed by atoms with E-state index in [1.165, 1.54) is 25.6 Å². The van der Waals surface area contributed by atoms with Gasteiger partial charge in [-0.15, -0.1) is 0 Å². The number of hydrogen-bond donors (Lipinski definition) is 0. The van der Waals surface area contributed by atoms with E-state index >= 15 is 0 Å². The summed E-state index contributed by atoms with van der Waals surface area (Å²) in [6.07, 6.45) is 1.74. The van der Waals surface area contributed by atoms with Gasteiger partial charge >= 0.3 is 5.97 Å². The standard InChI is InChI=1S/C28H31N3O6S/c1-8-37-27(33)22-16(2)29-28-31(23(22)17-9-12-19(13-10-17)30(3)4)26(32)21(38-28)15-18-11-14-20(34-5)25(36-7)24(18)35-6/h9-15,23H,8H2,1-7H3/b21-15+. The summed E-state index contributed by atoms with van der Waals surface area (Å²) >= 11 is 1.24. The Hall–Kier alpha value is -4.05. The summed E-state index contributed by atoms with van der Waals surface area (Å²) in [5.41, 5.74) is 3.00. The summed E-state index contributed by atoms with van der Waals surface area (Å²) in [5, 5.41) is 0. The lowest BCUT2D eigenvalue weighted by atomic mass is 9.95. The fourth-order valence-corrected chi connectivity index (χ4v) is 5.48. The molecule has 0 amide bonds. The van der Waals surface area contributed by atoms with Crippen LogP contribution >= 0.6 is 11.3 Å². The molecule has 0 fully saturated rings. The van der Waals surface area contributed by atoms with E-state index in [-0.39, 0.29) is 12.2 Å². The number of allylic oxidation sites excluding steroid dienone is 1. The molecule has 2 heterocycles. The molecule has 1 aliphatic rings. The number of aromatic nitrogens is 1. The van der Waals surface area contributed by atoms with Crippen molar-refractivity contribution in [1.82, 2.24) is 4.57 Å². The number of thiazole rings is 1. The van der Waals surface area contributed by atoms with Crippen LogP contribution in [0.25, 0.3) is 6.08 Å². The van der Waals surface area contributed by atoms with Gasteiger partial charge in [-0.1, -0.05) is 23.5 Å². The Morgan fingerprint density at radius 3 is 2.32 bits per heavy atom. The highest BCUT2D eigenvalue weighted by molar-refractivity contribution is 7.07. The maximum atomic E-state index is 13.9. The molecule has 3 aromatic rings. The van der Waals surface area contributed by atoms with Crippen molar-refractivity contribution in [2.24, 2.45) is 4.99 Å². The molecule has 200 valence electrons. The van der Waals surface area contributed by atoms with Gasteiger partial charge in [-0.05, 0) is 49.8 Å². The number of carbonyl (C=O) groups excluding carboxylic acids is 1. The fraction of sp³-hybridized carbons (Fsp3) is 0.321. The minimum absolute atomic E-state index is 0.214. The predicted octanol–water partition coefficient (Wildman–Crippen LogP) is 2.89. The fourth-order valence-electron chi connectivity index (χ4n) is 4.44. The lowest BCUT2D eigenvalue weighted by molar-refractivity contribution is -0.139. The van der Waals surface area contributed by atoms with Gasteiger partial charge < -0.3 is 23.8 Å². The molecule has 0 N–H and O–H groups in total. The number of fused-ring (bicyclic) bond motifs is 1. The zero-order valence-electron chi connectivity index (χ0n) is 22.5. The highest BCUT2D eigenvalue weighted by Gasteiger charge is 2.33. The molecule has 9 nitrogen and oxygen atoms in total. The van der Waals surface area contributed by atoms with Crippen LogP contribution in [0.2, 0.25) is 0 Å². The number of hydrogen-bond acceptors (Lipinski definition) is 9. The van der Waals surface area contributed by atoms with E-state index in [1.54, 1.807) is 43.7 Å². The summed E-state index contributed by atoms with van der Waals surface area (Å²) in [6.45, 7) is 3.73. The number of methoxy groups -OCH3 is 3. The summed E-state index contributed by atoms with van der Waals surface area (Å²) in [6, 6.07) is 10.6. The van der Waals surface area contributed by atoms with Crippen LogP contribution in [0.15, 0.2) is 57.5 Å². The quantitative estimate of drug-likeness (QED) is 0.408. The number of anilines is 1. The van der Waals surface area contributed by atoms with Crippen molar-refractivity contribution >= 4 is 29.1 Å². The van der Waals surface area contributed by atoms with Crippen LogP contribution in [0, 0.1) is 0 Å². The van der Waals surface area contributed by atoms with Crippen molar-refractivity contribution in [3.8, 4) is 17.2 Å². The predicted molar refractivity (Wildman–Crippen MR) is 147 cm³/mol. The first-order valence-corrected chi connectivity index (χ1v) is 12.8. The summed E-state index contributed by atoms with van der Waals surface area (Å²) in [5.74, 6) is 0.887. The van der Waals surface area contributed by atoms with Crippen LogP contribution in [0.1, 0.15) is 31.0 Å². The lowest BCUT2D eigenvalue weighted by Crippen LogP contribution is -2.40. The Balaban J connectivity index is 1.95. The molecule has 0 spiro atoms. The second kappa shape index (κ2) is 11.1. The van der Waals surface area contributed by atoms with Crippen LogP contribution in [0.4, 0.5) is 5.69 Å². The van der Waals surface area contributed by atoms with Gasteiger partial charge in [-0.25, -0.2) is 9.79 Å². The minimum atomic E-state index is -0.684. The third-order valence-electron chi connectivity index (χ3n) is 6.26. The Morgan fingerprint density at radius 2 is 1.74 bits per heavy atom. The Labute approximate surface area is 224 Å². The van der Waals surface area contributed by atoms with E-state index in [9.17, 15) is 9.59 Å². The normalized spacial score (nSPS) is 15.0. The first kappa shape index (κ1) is 27.0. The Bertz CT molecular complexity index is 1570. The van der Waals surface area contributed by atoms with Crippen LogP contribution < -0.4 is 34.0 Å². The van der Waals surface area contributed by atoms with E-state index in [0.717, 1.165) is 11.3 Å². The lowest BCUT2D eigenvalue weighted by Gasteiger charge is -2.25. The van der Waals surface area contributed by atoms with E-state index in [1.807, 2.05) is 43.3 Å². The summed E-state index contributed by atoms with van der Waals surface area (Å²) in [7, 11) is 8.51. The second-order valence-electron chi connectivity index (χ2n) is 8.71. The topological polar surface area (TPSA) is 91.6 Å². The Morgan fingerprint density at radius 1 is 1.05 bits per heavy atom. The Kier molecular flexibility index (Phi) is 7.91. The van der Waals surface area contributed by atoms with Crippen LogP contribution in [0.5, 0.6) is 17.2 Å². The van der Waals surface area contributed by atoms with E-state index in [2.05, 4.69) is 4.99 Å². The molecule has 1 atom stereocenters. The van der Waals surface area contributed by atoms with Crippen molar-refractivity contribution in [2.75, 3.05) is 46.9 Å². The minimum Gasteiger partial charge on any atom is -0.493 e. The van der Waals surface area contributed by atoms with Gasteiger partial charge in [-0.2, -0.15) is 0 Å². The van der Waals surface area contributed by atoms with Crippen molar-refractivity contribution in [3.63, 3.8) is 0 Å². The third kappa shape index (κ3) is 4.79. The molecule has 38 heavy (non-hydrogen) atoms. The maximum Gasteiger partial charge on any atom is 0.338 e. The molecular formula is C28H31N3O6S. The van der Waals surface area contributed by atoms with Gasteiger partial charge in [0, 0.05) is 25.3 Å². The number of ether oxygens (including phenoxy) is 4. The van der Waals surface area contributed by atoms with Gasteiger partial charge in [0.1, 0.15) is 0 Å². The monoisotopic (exact) mass is 537 g/mol. The molecule has 1 unspecified atom stereocenters. The zero-order valence-corrected chi connectivity index (χ0v) is 23.3. The molecule has 0 bridgehead atoms. The van der Waals surface area contributed by atoms with Gasteiger partial charge in [0.15, 0.2) is 16.3 Å². The molecule has 2 aromatic carbocycles. The number of nitrogens with zero attached hydrogens (tertiary/aromatic N) is 3. The molecular weight excluding hydrogens is 506 g/mol. The summed E-state index contributed by atoms with van der Waals surface area (Å²) in [4.78, 5) is 34.1. The number of esters is 1. The summed E-state index contributed by atoms with van der Waals surface area (Å²) < 4.78 is 23.8. The van der Waals surface area contributed by atoms with Crippen molar-refractivity contribution < 1.29 is 23.7 Å². The van der Waals surface area contributed by atoms with Gasteiger partial charge in [0.05, 0.1) is 49.8 Å². The average molecular weight is 538 g/mol. The molecule has 0 saturated heterocycles. The van der Waals surface area contributed by atoms with Crippen molar-refractivity contribution in [1.29, 1.82) is 0 Å². The second-order valence-corrected chi connectivity index (χ2v) is 9.72. The average Bonchev–Trinajstić information content (AvgIpc) is 3.21. The van der Waals surface area contributed by atoms with E-state index < -0.39 is 12.0 Å². The maximum absolute atomic E-state index is 13.9. The van der Waals surface area contributed by atoms with Gasteiger partial charge in [0.25, 0.3) is 5.56 Å². The molecule has 4 rings (SSSR count). The molecule has 0 radical (unpaired) electrons. The highest BCUT2D eigenvalue weighted by atomic mass is 32.1.